The first-order valence-electron chi connectivity index (χ1n) is 21.4. The summed E-state index contributed by atoms with van der Waals surface area (Å²) < 4.78 is 56.4. The molecule has 1 N–H and O–H groups in total. The zero-order valence-electron chi connectivity index (χ0n) is 36.3. The Morgan fingerprint density at radius 3 is 1.64 bits per heavy atom. The van der Waals surface area contributed by atoms with Crippen LogP contribution in [0.3, 0.4) is 0 Å². The third-order valence-corrected chi connectivity index (χ3v) is 10.7. The van der Waals surface area contributed by atoms with Crippen molar-refractivity contribution in [1.29, 1.82) is 0 Å². The van der Waals surface area contributed by atoms with Crippen LogP contribution in [0.1, 0.15) is 36.1 Å². The molecule has 0 bridgehead atoms. The number of phenols is 1. The molecule has 0 spiro atoms. The van der Waals surface area contributed by atoms with Crippen molar-refractivity contribution in [3.05, 3.63) is 190 Å². The minimum absolute atomic E-state index is 0.00266. The molecular formula is C53H48O13. The largest absolute Gasteiger partial charge is 0.507 e. The molecule has 0 unspecified atom stereocenters. The number of carbonyl (C=O) groups is 2. The van der Waals surface area contributed by atoms with Gasteiger partial charge in [0.1, 0.15) is 60.2 Å². The monoisotopic (exact) mass is 892 g/mol. The van der Waals surface area contributed by atoms with Crippen molar-refractivity contribution in [2.24, 2.45) is 0 Å². The van der Waals surface area contributed by atoms with E-state index in [-0.39, 0.29) is 54.7 Å². The van der Waals surface area contributed by atoms with Crippen LogP contribution < -0.4 is 19.6 Å². The highest BCUT2D eigenvalue weighted by molar-refractivity contribution is 5.88. The Morgan fingerprint density at radius 2 is 1.11 bits per heavy atom. The molecule has 13 heteroatoms. The van der Waals surface area contributed by atoms with Crippen LogP contribution in [-0.2, 0) is 59.7 Å². The van der Waals surface area contributed by atoms with Gasteiger partial charge in [-0.25, -0.2) is 0 Å². The predicted octanol–water partition coefficient (Wildman–Crippen LogP) is 9.09. The molecular weight excluding hydrogens is 845 g/mol. The summed E-state index contributed by atoms with van der Waals surface area (Å²) in [6.07, 6.45) is -6.20. The van der Waals surface area contributed by atoms with E-state index in [9.17, 15) is 19.5 Å². The van der Waals surface area contributed by atoms with E-state index in [0.29, 0.717) is 17.9 Å². The Kier molecular flexibility index (Phi) is 14.7. The van der Waals surface area contributed by atoms with E-state index in [1.165, 1.54) is 26.0 Å². The number of rotatable bonds is 18. The number of hydrogen-bond donors (Lipinski definition) is 1. The van der Waals surface area contributed by atoms with Gasteiger partial charge in [0.15, 0.2) is 18.0 Å². The first kappa shape index (κ1) is 45.1. The van der Waals surface area contributed by atoms with Crippen LogP contribution in [-0.4, -0.2) is 54.4 Å². The van der Waals surface area contributed by atoms with Crippen LogP contribution >= 0.6 is 0 Å². The van der Waals surface area contributed by atoms with E-state index in [4.69, 9.17) is 42.3 Å². The Hall–Kier alpha value is -7.45. The number of fused-ring (bicyclic) bond motifs is 1. The van der Waals surface area contributed by atoms with Crippen LogP contribution in [0, 0.1) is 0 Å². The molecule has 1 fully saturated rings. The molecule has 13 nitrogen and oxygen atoms in total. The van der Waals surface area contributed by atoms with E-state index in [0.717, 1.165) is 22.3 Å². The molecule has 0 aliphatic carbocycles. The van der Waals surface area contributed by atoms with Crippen molar-refractivity contribution >= 4 is 22.9 Å². The molecule has 66 heavy (non-hydrogen) atoms. The molecule has 7 aromatic rings. The number of aromatic hydroxyl groups is 1. The number of ether oxygens (including phenoxy) is 8. The van der Waals surface area contributed by atoms with E-state index in [2.05, 4.69) is 0 Å². The summed E-state index contributed by atoms with van der Waals surface area (Å²) in [5, 5.41) is 11.3. The Bertz CT molecular complexity index is 2750. The highest BCUT2D eigenvalue weighted by Gasteiger charge is 2.51. The van der Waals surface area contributed by atoms with Gasteiger partial charge in [-0.3, -0.25) is 14.4 Å². The lowest BCUT2D eigenvalue weighted by molar-refractivity contribution is -0.301. The van der Waals surface area contributed by atoms with Gasteiger partial charge in [-0.2, -0.15) is 0 Å². The van der Waals surface area contributed by atoms with Crippen molar-refractivity contribution in [2.45, 2.75) is 71.0 Å². The molecule has 338 valence electrons. The Balaban J connectivity index is 1.21. The zero-order valence-corrected chi connectivity index (χ0v) is 36.3. The summed E-state index contributed by atoms with van der Waals surface area (Å²) in [7, 11) is 0. The van der Waals surface area contributed by atoms with Gasteiger partial charge in [-0.05, 0) is 46.5 Å². The lowest BCUT2D eigenvalue weighted by Crippen LogP contribution is -2.63. The second-order valence-corrected chi connectivity index (χ2v) is 15.5. The SMILES string of the molecule is CC(=O)OC[C@H]1O[C@@H](Oc2c(-c3ccc(OCc4ccccc4)cc3)oc3cc(OCc4ccccc4)cc(O)c3c2=O)[C@H](OCc2ccccc2)[C@@H](OC(C)=O)[C@@H]1OCc1ccccc1. The van der Waals surface area contributed by atoms with Crippen LogP contribution in [0.4, 0.5) is 0 Å². The smallest absolute Gasteiger partial charge is 0.303 e. The lowest BCUT2D eigenvalue weighted by atomic mass is 9.97. The molecule has 6 aromatic carbocycles. The average Bonchev–Trinajstić information content (AvgIpc) is 3.33. The van der Waals surface area contributed by atoms with E-state index < -0.39 is 53.8 Å². The number of carbonyl (C=O) groups excluding carboxylic acids is 2. The summed E-state index contributed by atoms with van der Waals surface area (Å²) in [6, 6.07) is 47.5. The van der Waals surface area contributed by atoms with Gasteiger partial charge in [0.05, 0.1) is 13.2 Å². The van der Waals surface area contributed by atoms with Gasteiger partial charge in [0.25, 0.3) is 0 Å². The molecule has 1 aliphatic heterocycles. The number of esters is 2. The van der Waals surface area contributed by atoms with Crippen LogP contribution in [0.5, 0.6) is 23.0 Å². The summed E-state index contributed by atoms with van der Waals surface area (Å²) in [5.41, 5.74) is 3.12. The lowest BCUT2D eigenvalue weighted by Gasteiger charge is -2.45. The number of phenolic OH excluding ortho intramolecular Hbond substituents is 1. The minimum atomic E-state index is -1.53. The van der Waals surface area contributed by atoms with Gasteiger partial charge in [0, 0.05) is 31.5 Å². The van der Waals surface area contributed by atoms with Gasteiger partial charge in [-0.1, -0.05) is 121 Å². The second kappa shape index (κ2) is 21.5. The van der Waals surface area contributed by atoms with Crippen molar-refractivity contribution in [1.82, 2.24) is 0 Å². The first-order chi connectivity index (χ1) is 32.2. The molecule has 0 amide bonds. The van der Waals surface area contributed by atoms with Crippen LogP contribution in [0.2, 0.25) is 0 Å². The Morgan fingerprint density at radius 1 is 0.591 bits per heavy atom. The van der Waals surface area contributed by atoms with Crippen LogP contribution in [0.15, 0.2) is 167 Å². The topological polar surface area (TPSA) is 158 Å². The first-order valence-corrected chi connectivity index (χ1v) is 21.4. The molecule has 0 radical (unpaired) electrons. The molecule has 5 atom stereocenters. The third-order valence-electron chi connectivity index (χ3n) is 10.7. The Labute approximate surface area is 380 Å². The van der Waals surface area contributed by atoms with E-state index >= 15 is 0 Å². The fraction of sp³-hybridized carbons (Fsp3) is 0.226. The quantitative estimate of drug-likeness (QED) is 0.0814. The van der Waals surface area contributed by atoms with E-state index in [1.807, 2.05) is 121 Å². The normalized spacial score (nSPS) is 18.0. The number of benzene rings is 6. The zero-order chi connectivity index (χ0) is 45.8. The summed E-state index contributed by atoms with van der Waals surface area (Å²) in [4.78, 5) is 40.1. The molecule has 1 saturated heterocycles. The minimum Gasteiger partial charge on any atom is -0.507 e. The standard InChI is InChI=1S/C53H48O13/c1-34(54)58-33-45-49(61-31-38-19-11-5-12-20-38)51(63-35(2)55)52(62-32-39-21-13-6-14-22-39)53(65-45)66-50-47(57)46-43(56)27-42(60-30-37-17-9-4-10-18-37)28-44(46)64-48(50)40-23-25-41(26-24-40)59-29-36-15-7-3-8-16-36/h3-28,45,49,51-53,56H,29-33H2,1-2H3/t45-,49-,51+,52-,53+/m1/s1. The molecule has 0 saturated carbocycles. The average molecular weight is 893 g/mol. The third kappa shape index (κ3) is 11.4. The maximum atomic E-state index is 14.9. The maximum absolute atomic E-state index is 14.9. The highest BCUT2D eigenvalue weighted by Crippen LogP contribution is 2.39. The second-order valence-electron chi connectivity index (χ2n) is 15.5. The van der Waals surface area contributed by atoms with Crippen molar-refractivity contribution in [3.8, 4) is 34.3 Å². The van der Waals surface area contributed by atoms with Crippen molar-refractivity contribution in [2.75, 3.05) is 6.61 Å². The number of hydrogen-bond acceptors (Lipinski definition) is 13. The van der Waals surface area contributed by atoms with Crippen LogP contribution in [0.25, 0.3) is 22.3 Å². The fourth-order valence-corrected chi connectivity index (χ4v) is 7.48. The van der Waals surface area contributed by atoms with Crippen molar-refractivity contribution < 1.29 is 57.0 Å². The molecule has 1 aromatic heterocycles. The molecule has 8 rings (SSSR count). The summed E-state index contributed by atoms with van der Waals surface area (Å²) >= 11 is 0. The summed E-state index contributed by atoms with van der Waals surface area (Å²) in [6.45, 7) is 2.74. The van der Waals surface area contributed by atoms with Gasteiger partial charge in [0.2, 0.25) is 17.5 Å². The van der Waals surface area contributed by atoms with Gasteiger partial charge < -0.3 is 47.4 Å². The molecule has 1 aliphatic rings. The highest BCUT2D eigenvalue weighted by atomic mass is 16.7. The van der Waals surface area contributed by atoms with Gasteiger partial charge in [-0.15, -0.1) is 0 Å². The fourth-order valence-electron chi connectivity index (χ4n) is 7.48. The van der Waals surface area contributed by atoms with E-state index in [1.54, 1.807) is 24.3 Å². The molecule has 2 heterocycles. The summed E-state index contributed by atoms with van der Waals surface area (Å²) in [5.74, 6) is -1.28. The maximum Gasteiger partial charge on any atom is 0.303 e. The predicted molar refractivity (Wildman–Crippen MR) is 243 cm³/mol. The van der Waals surface area contributed by atoms with Gasteiger partial charge >= 0.3 is 11.9 Å². The van der Waals surface area contributed by atoms with Crippen molar-refractivity contribution in [3.63, 3.8) is 0 Å².